The summed E-state index contributed by atoms with van der Waals surface area (Å²) in [5.74, 6) is -0.235. The van der Waals surface area contributed by atoms with Crippen molar-refractivity contribution < 1.29 is 14.0 Å². The molecule has 84 valence electrons. The lowest BCUT2D eigenvalue weighted by molar-refractivity contribution is -0.118. The highest BCUT2D eigenvalue weighted by Crippen LogP contribution is 2.24. The van der Waals surface area contributed by atoms with E-state index in [2.05, 4.69) is 5.32 Å². The summed E-state index contributed by atoms with van der Waals surface area (Å²) in [7, 11) is 0. The van der Waals surface area contributed by atoms with Crippen molar-refractivity contribution in [2.45, 2.75) is 5.50 Å². The molecule has 1 N–H and O–H groups in total. The third-order valence-corrected chi connectivity index (χ3v) is 3.22. The number of nitrogens with zero attached hydrogens (tertiary/aromatic N) is 1. The lowest BCUT2D eigenvalue weighted by Crippen LogP contribution is -2.40. The highest BCUT2D eigenvalue weighted by Gasteiger charge is 2.27. The van der Waals surface area contributed by atoms with E-state index in [0.29, 0.717) is 17.9 Å². The largest absolute Gasteiger partial charge is 0.326 e. The standard InChI is InChI=1S/C10H9FN2O2S/c11-7-2-1-3-8(4-7)13(6-14)10-12-9(15)5-16-10/h1-4,6,10H,5H2,(H,12,15). The Morgan fingerprint density at radius 2 is 2.38 bits per heavy atom. The van der Waals surface area contributed by atoms with E-state index in [4.69, 9.17) is 0 Å². The van der Waals surface area contributed by atoms with E-state index in [9.17, 15) is 14.0 Å². The van der Waals surface area contributed by atoms with Gasteiger partial charge in [-0.05, 0) is 18.2 Å². The molecule has 2 amide bonds. The lowest BCUT2D eigenvalue weighted by atomic mass is 10.3. The highest BCUT2D eigenvalue weighted by atomic mass is 32.2. The average molecular weight is 240 g/mol. The molecule has 1 atom stereocenters. The predicted molar refractivity (Wildman–Crippen MR) is 59.3 cm³/mol. The summed E-state index contributed by atoms with van der Waals surface area (Å²) in [6.07, 6.45) is 0.581. The number of hydrogen-bond donors (Lipinski definition) is 1. The number of benzene rings is 1. The van der Waals surface area contributed by atoms with Crippen LogP contribution in [0.4, 0.5) is 10.1 Å². The van der Waals surface area contributed by atoms with Gasteiger partial charge in [-0.15, -0.1) is 11.8 Å². The molecule has 0 saturated carbocycles. The van der Waals surface area contributed by atoms with Crippen LogP contribution in [0.1, 0.15) is 0 Å². The van der Waals surface area contributed by atoms with E-state index in [1.165, 1.54) is 34.9 Å². The molecule has 1 heterocycles. The molecule has 1 aliphatic rings. The van der Waals surface area contributed by atoms with E-state index >= 15 is 0 Å². The molecule has 0 bridgehead atoms. The van der Waals surface area contributed by atoms with Crippen molar-refractivity contribution in [2.24, 2.45) is 0 Å². The molecule has 1 aromatic carbocycles. The number of carbonyl (C=O) groups is 2. The van der Waals surface area contributed by atoms with E-state index < -0.39 is 11.3 Å². The normalized spacial score (nSPS) is 19.3. The molecule has 1 aromatic rings. The van der Waals surface area contributed by atoms with Crippen molar-refractivity contribution >= 4 is 29.8 Å². The van der Waals surface area contributed by atoms with E-state index in [1.54, 1.807) is 6.07 Å². The van der Waals surface area contributed by atoms with Gasteiger partial charge in [-0.2, -0.15) is 0 Å². The maximum absolute atomic E-state index is 13.0. The fraction of sp³-hybridized carbons (Fsp3) is 0.200. The number of rotatable bonds is 3. The first-order valence-electron chi connectivity index (χ1n) is 4.61. The minimum Gasteiger partial charge on any atom is -0.326 e. The molecular formula is C10H9FN2O2S. The van der Waals surface area contributed by atoms with Gasteiger partial charge in [0.15, 0.2) is 5.50 Å². The zero-order valence-corrected chi connectivity index (χ0v) is 9.04. The highest BCUT2D eigenvalue weighted by molar-refractivity contribution is 8.01. The van der Waals surface area contributed by atoms with Crippen LogP contribution in [-0.4, -0.2) is 23.6 Å². The van der Waals surface area contributed by atoms with Gasteiger partial charge in [0.05, 0.1) is 5.75 Å². The van der Waals surface area contributed by atoms with Gasteiger partial charge in [0.2, 0.25) is 12.3 Å². The van der Waals surface area contributed by atoms with Gasteiger partial charge in [-0.3, -0.25) is 14.5 Å². The second kappa shape index (κ2) is 4.52. The Bertz CT molecular complexity index is 427. The van der Waals surface area contributed by atoms with Crippen molar-refractivity contribution in [1.82, 2.24) is 5.32 Å². The molecule has 1 fully saturated rings. The quantitative estimate of drug-likeness (QED) is 0.800. The van der Waals surface area contributed by atoms with E-state index in [1.807, 2.05) is 0 Å². The van der Waals surface area contributed by atoms with Gasteiger partial charge in [0.1, 0.15) is 5.82 Å². The summed E-state index contributed by atoms with van der Waals surface area (Å²) < 4.78 is 13.0. The summed E-state index contributed by atoms with van der Waals surface area (Å²) in [5, 5.41) is 2.62. The number of amides is 2. The SMILES string of the molecule is O=CN(c1cccc(F)c1)C1NC(=O)CS1. The van der Waals surface area contributed by atoms with Crippen molar-refractivity contribution in [3.05, 3.63) is 30.1 Å². The molecule has 0 aliphatic carbocycles. The molecule has 1 saturated heterocycles. The summed E-state index contributed by atoms with van der Waals surface area (Å²) in [6.45, 7) is 0. The van der Waals surface area contributed by atoms with Gasteiger partial charge >= 0.3 is 0 Å². The zero-order chi connectivity index (χ0) is 11.5. The lowest BCUT2D eigenvalue weighted by Gasteiger charge is -2.23. The Kier molecular flexibility index (Phi) is 3.09. The third kappa shape index (κ3) is 2.16. The van der Waals surface area contributed by atoms with E-state index in [0.717, 1.165) is 0 Å². The summed E-state index contributed by atoms with van der Waals surface area (Å²) >= 11 is 1.30. The van der Waals surface area contributed by atoms with Crippen LogP contribution in [0.2, 0.25) is 0 Å². The molecule has 16 heavy (non-hydrogen) atoms. The second-order valence-corrected chi connectivity index (χ2v) is 4.29. The minimum atomic E-state index is -0.452. The summed E-state index contributed by atoms with van der Waals surface area (Å²) in [4.78, 5) is 23.3. The van der Waals surface area contributed by atoms with Crippen molar-refractivity contribution in [3.63, 3.8) is 0 Å². The number of halogens is 1. The fourth-order valence-corrected chi connectivity index (χ4v) is 2.35. The van der Waals surface area contributed by atoms with Crippen LogP contribution in [0, 0.1) is 5.82 Å². The molecule has 0 aromatic heterocycles. The average Bonchev–Trinajstić information content (AvgIpc) is 2.66. The first kappa shape index (κ1) is 10.9. The summed E-state index contributed by atoms with van der Waals surface area (Å²) in [6, 6.07) is 5.68. The zero-order valence-electron chi connectivity index (χ0n) is 8.22. The van der Waals surface area contributed by atoms with Crippen molar-refractivity contribution in [2.75, 3.05) is 10.7 Å². The van der Waals surface area contributed by atoms with Gasteiger partial charge < -0.3 is 5.32 Å². The predicted octanol–water partition coefficient (Wildman–Crippen LogP) is 0.935. The number of nitrogens with one attached hydrogen (secondary N) is 1. The Hall–Kier alpha value is -1.56. The Morgan fingerprint density at radius 1 is 1.56 bits per heavy atom. The number of carbonyl (C=O) groups excluding carboxylic acids is 2. The molecule has 6 heteroatoms. The number of thioether (sulfide) groups is 1. The molecule has 4 nitrogen and oxygen atoms in total. The van der Waals surface area contributed by atoms with Crippen LogP contribution in [-0.2, 0) is 9.59 Å². The van der Waals surface area contributed by atoms with Crippen LogP contribution >= 0.6 is 11.8 Å². The molecular weight excluding hydrogens is 231 g/mol. The second-order valence-electron chi connectivity index (χ2n) is 3.22. The number of hydrogen-bond acceptors (Lipinski definition) is 3. The van der Waals surface area contributed by atoms with Gasteiger partial charge in [0.25, 0.3) is 0 Å². The summed E-state index contributed by atoms with van der Waals surface area (Å²) in [5.41, 5.74) is -0.0264. The van der Waals surface area contributed by atoms with Gasteiger partial charge in [-0.25, -0.2) is 4.39 Å². The van der Waals surface area contributed by atoms with Crippen LogP contribution in [0.25, 0.3) is 0 Å². The monoisotopic (exact) mass is 240 g/mol. The Morgan fingerprint density at radius 3 is 2.94 bits per heavy atom. The molecule has 1 aliphatic heterocycles. The first-order valence-corrected chi connectivity index (χ1v) is 5.66. The smallest absolute Gasteiger partial charge is 0.232 e. The van der Waals surface area contributed by atoms with Crippen LogP contribution in [0.5, 0.6) is 0 Å². The molecule has 0 spiro atoms. The third-order valence-electron chi connectivity index (χ3n) is 2.13. The topological polar surface area (TPSA) is 49.4 Å². The van der Waals surface area contributed by atoms with Crippen molar-refractivity contribution in [3.8, 4) is 0 Å². The first-order chi connectivity index (χ1) is 7.70. The number of anilines is 1. The van der Waals surface area contributed by atoms with E-state index in [-0.39, 0.29) is 5.91 Å². The van der Waals surface area contributed by atoms with Crippen molar-refractivity contribution in [1.29, 1.82) is 0 Å². The van der Waals surface area contributed by atoms with Crippen LogP contribution in [0.15, 0.2) is 24.3 Å². The Balaban J connectivity index is 2.22. The minimum absolute atomic E-state index is 0.127. The Labute approximate surface area is 95.8 Å². The molecule has 0 radical (unpaired) electrons. The maximum atomic E-state index is 13.0. The molecule has 1 unspecified atom stereocenters. The maximum Gasteiger partial charge on any atom is 0.232 e. The fourth-order valence-electron chi connectivity index (χ4n) is 1.41. The molecule has 2 rings (SSSR count). The van der Waals surface area contributed by atoms with Crippen LogP contribution in [0.3, 0.4) is 0 Å². The van der Waals surface area contributed by atoms with Gasteiger partial charge in [-0.1, -0.05) is 6.07 Å². The van der Waals surface area contributed by atoms with Crippen LogP contribution < -0.4 is 10.2 Å². The van der Waals surface area contributed by atoms with Gasteiger partial charge in [0, 0.05) is 5.69 Å².